The third-order valence-corrected chi connectivity index (χ3v) is 3.82. The first-order valence-electron chi connectivity index (χ1n) is 5.57. The third-order valence-electron chi connectivity index (χ3n) is 2.65. The van der Waals surface area contributed by atoms with E-state index in [0.29, 0.717) is 15.4 Å². The van der Waals surface area contributed by atoms with Crippen molar-refractivity contribution in [2.24, 2.45) is 0 Å². The Morgan fingerprint density at radius 3 is 2.37 bits per heavy atom. The topological polar surface area (TPSA) is 0 Å². The quantitative estimate of drug-likeness (QED) is 0.461. The maximum Gasteiger partial charge on any atom is 0.123 e. The van der Waals surface area contributed by atoms with Gasteiger partial charge in [-0.25, -0.2) is 4.39 Å². The standard InChI is InChI=1S/C15H10BrCl2F/c16-9-12(10-2-5-14(19)6-3-10)7-11-1-4-13(17)8-15(11)18/h1-8H,9H2. The predicted octanol–water partition coefficient (Wildman–Crippen LogP) is 6.07. The van der Waals surface area contributed by atoms with Crippen molar-refractivity contribution < 1.29 is 4.39 Å². The largest absolute Gasteiger partial charge is 0.207 e. The van der Waals surface area contributed by atoms with E-state index in [9.17, 15) is 4.39 Å². The number of rotatable bonds is 3. The second kappa shape index (κ2) is 6.56. The summed E-state index contributed by atoms with van der Waals surface area (Å²) in [6.07, 6.45) is 1.96. The van der Waals surface area contributed by atoms with Crippen LogP contribution in [0.2, 0.25) is 10.0 Å². The molecule has 0 radical (unpaired) electrons. The average Bonchev–Trinajstić information content (AvgIpc) is 2.39. The van der Waals surface area contributed by atoms with E-state index in [2.05, 4.69) is 15.9 Å². The first-order valence-corrected chi connectivity index (χ1v) is 7.45. The summed E-state index contributed by atoms with van der Waals surface area (Å²) in [5.41, 5.74) is 2.85. The fraction of sp³-hybridized carbons (Fsp3) is 0.0667. The zero-order valence-electron chi connectivity index (χ0n) is 9.84. The molecule has 2 rings (SSSR count). The van der Waals surface area contributed by atoms with Crippen LogP contribution in [0.4, 0.5) is 4.39 Å². The van der Waals surface area contributed by atoms with E-state index in [0.717, 1.165) is 16.7 Å². The molecule has 98 valence electrons. The summed E-state index contributed by atoms with van der Waals surface area (Å²) in [6.45, 7) is 0. The summed E-state index contributed by atoms with van der Waals surface area (Å²) in [5, 5.41) is 1.84. The Balaban J connectivity index is 2.40. The van der Waals surface area contributed by atoms with Crippen molar-refractivity contribution in [2.45, 2.75) is 0 Å². The number of hydrogen-bond donors (Lipinski definition) is 0. The van der Waals surface area contributed by atoms with Crippen molar-refractivity contribution in [3.8, 4) is 0 Å². The van der Waals surface area contributed by atoms with E-state index in [1.807, 2.05) is 12.1 Å². The Morgan fingerprint density at radius 1 is 1.11 bits per heavy atom. The van der Waals surface area contributed by atoms with Gasteiger partial charge in [0, 0.05) is 15.4 Å². The molecule has 0 unspecified atom stereocenters. The van der Waals surface area contributed by atoms with Crippen molar-refractivity contribution >= 4 is 50.8 Å². The van der Waals surface area contributed by atoms with Crippen molar-refractivity contribution in [2.75, 3.05) is 5.33 Å². The van der Waals surface area contributed by atoms with E-state index in [1.165, 1.54) is 12.1 Å². The zero-order chi connectivity index (χ0) is 13.8. The minimum absolute atomic E-state index is 0.248. The molecule has 19 heavy (non-hydrogen) atoms. The maximum atomic E-state index is 12.9. The molecule has 0 spiro atoms. The van der Waals surface area contributed by atoms with E-state index in [4.69, 9.17) is 23.2 Å². The lowest BCUT2D eigenvalue weighted by atomic mass is 10.0. The molecule has 0 heterocycles. The van der Waals surface area contributed by atoms with Crippen LogP contribution in [0.15, 0.2) is 42.5 Å². The number of halogens is 4. The third kappa shape index (κ3) is 3.82. The summed E-state index contributed by atoms with van der Waals surface area (Å²) in [6, 6.07) is 11.7. The lowest BCUT2D eigenvalue weighted by Crippen LogP contribution is -1.87. The lowest BCUT2D eigenvalue weighted by molar-refractivity contribution is 0.627. The van der Waals surface area contributed by atoms with Crippen molar-refractivity contribution in [3.63, 3.8) is 0 Å². The second-order valence-corrected chi connectivity index (χ2v) is 5.38. The smallest absolute Gasteiger partial charge is 0.123 e. The zero-order valence-corrected chi connectivity index (χ0v) is 12.9. The molecule has 0 bridgehead atoms. The molecule has 0 N–H and O–H groups in total. The van der Waals surface area contributed by atoms with Crippen LogP contribution >= 0.6 is 39.1 Å². The summed E-state index contributed by atoms with van der Waals surface area (Å²) >= 11 is 15.4. The van der Waals surface area contributed by atoms with Crippen LogP contribution in [-0.4, -0.2) is 5.33 Å². The molecule has 2 aromatic rings. The molecular weight excluding hydrogens is 350 g/mol. The fourth-order valence-electron chi connectivity index (χ4n) is 1.67. The van der Waals surface area contributed by atoms with Crippen LogP contribution in [-0.2, 0) is 0 Å². The van der Waals surface area contributed by atoms with Crippen LogP contribution in [0.25, 0.3) is 11.6 Å². The Bertz CT molecular complexity index is 606. The molecule has 0 fully saturated rings. The summed E-state index contributed by atoms with van der Waals surface area (Å²) in [4.78, 5) is 0. The highest BCUT2D eigenvalue weighted by Gasteiger charge is 2.04. The van der Waals surface area contributed by atoms with Gasteiger partial charge in [0.25, 0.3) is 0 Å². The Morgan fingerprint density at radius 2 is 1.79 bits per heavy atom. The highest BCUT2D eigenvalue weighted by atomic mass is 79.9. The van der Waals surface area contributed by atoms with Gasteiger partial charge in [0.2, 0.25) is 0 Å². The molecule has 0 aliphatic carbocycles. The lowest BCUT2D eigenvalue weighted by Gasteiger charge is -2.06. The summed E-state index contributed by atoms with van der Waals surface area (Å²) in [5.74, 6) is -0.248. The van der Waals surface area contributed by atoms with Crippen LogP contribution in [0.5, 0.6) is 0 Å². The Labute approximate surface area is 130 Å². The van der Waals surface area contributed by atoms with Crippen LogP contribution in [0.1, 0.15) is 11.1 Å². The molecule has 0 aliphatic rings. The Hall–Kier alpha value is -0.830. The molecule has 4 heteroatoms. The summed E-state index contributed by atoms with van der Waals surface area (Å²) < 4.78 is 12.9. The van der Waals surface area contributed by atoms with Gasteiger partial charge in [-0.3, -0.25) is 0 Å². The molecule has 2 aromatic carbocycles. The molecule has 0 atom stereocenters. The molecular formula is C15H10BrCl2F. The van der Waals surface area contributed by atoms with E-state index in [-0.39, 0.29) is 5.82 Å². The van der Waals surface area contributed by atoms with Gasteiger partial charge in [-0.2, -0.15) is 0 Å². The van der Waals surface area contributed by atoms with Gasteiger partial charge in [0.15, 0.2) is 0 Å². The van der Waals surface area contributed by atoms with Gasteiger partial charge >= 0.3 is 0 Å². The van der Waals surface area contributed by atoms with Crippen LogP contribution in [0.3, 0.4) is 0 Å². The van der Waals surface area contributed by atoms with Crippen LogP contribution in [0, 0.1) is 5.82 Å². The minimum atomic E-state index is -0.248. The molecule has 0 saturated carbocycles. The van der Waals surface area contributed by atoms with Crippen molar-refractivity contribution in [1.82, 2.24) is 0 Å². The molecule has 0 amide bonds. The first-order chi connectivity index (χ1) is 9.10. The normalized spacial score (nSPS) is 11.7. The summed E-state index contributed by atoms with van der Waals surface area (Å²) in [7, 11) is 0. The van der Waals surface area contributed by atoms with E-state index < -0.39 is 0 Å². The van der Waals surface area contributed by atoms with Gasteiger partial charge < -0.3 is 0 Å². The number of allylic oxidation sites excluding steroid dienone is 1. The monoisotopic (exact) mass is 358 g/mol. The number of hydrogen-bond acceptors (Lipinski definition) is 0. The Kier molecular flexibility index (Phi) is 5.03. The van der Waals surface area contributed by atoms with Gasteiger partial charge in [-0.15, -0.1) is 0 Å². The van der Waals surface area contributed by atoms with Gasteiger partial charge in [-0.1, -0.05) is 57.3 Å². The SMILES string of the molecule is Fc1ccc(C(=Cc2ccc(Cl)cc2Cl)CBr)cc1. The number of alkyl halides is 1. The van der Waals surface area contributed by atoms with Crippen LogP contribution < -0.4 is 0 Å². The fourth-order valence-corrected chi connectivity index (χ4v) is 2.62. The van der Waals surface area contributed by atoms with Gasteiger partial charge in [0.1, 0.15) is 5.82 Å². The van der Waals surface area contributed by atoms with Gasteiger partial charge in [0.05, 0.1) is 0 Å². The van der Waals surface area contributed by atoms with E-state index >= 15 is 0 Å². The molecule has 0 aromatic heterocycles. The molecule has 0 aliphatic heterocycles. The van der Waals surface area contributed by atoms with Crippen molar-refractivity contribution in [1.29, 1.82) is 0 Å². The molecule has 0 saturated heterocycles. The first kappa shape index (κ1) is 14.6. The molecule has 0 nitrogen and oxygen atoms in total. The maximum absolute atomic E-state index is 12.9. The minimum Gasteiger partial charge on any atom is -0.207 e. The highest BCUT2D eigenvalue weighted by molar-refractivity contribution is 9.09. The average molecular weight is 360 g/mol. The second-order valence-electron chi connectivity index (χ2n) is 3.98. The highest BCUT2D eigenvalue weighted by Crippen LogP contribution is 2.26. The predicted molar refractivity (Wildman–Crippen MR) is 84.5 cm³/mol. The van der Waals surface area contributed by atoms with Crippen molar-refractivity contribution in [3.05, 3.63) is 69.5 Å². The number of benzene rings is 2. The van der Waals surface area contributed by atoms with Gasteiger partial charge in [-0.05, 0) is 47.0 Å². The van der Waals surface area contributed by atoms with E-state index in [1.54, 1.807) is 24.3 Å².